The molecule has 28 heavy (non-hydrogen) atoms. The predicted molar refractivity (Wildman–Crippen MR) is 118 cm³/mol. The van der Waals surface area contributed by atoms with Crippen molar-refractivity contribution in [3.63, 3.8) is 0 Å². The van der Waals surface area contributed by atoms with Crippen molar-refractivity contribution < 1.29 is 18.8 Å². The summed E-state index contributed by atoms with van der Waals surface area (Å²) in [6, 6.07) is 10.7. The quantitative estimate of drug-likeness (QED) is 0.474. The normalized spacial score (nSPS) is 19.3. The van der Waals surface area contributed by atoms with E-state index in [1.165, 1.54) is 12.1 Å². The van der Waals surface area contributed by atoms with Crippen LogP contribution in [-0.4, -0.2) is 39.0 Å². The minimum Gasteiger partial charge on any atom is -0.466 e. The fourth-order valence-corrected chi connectivity index (χ4v) is 6.72. The first kappa shape index (κ1) is 22.9. The van der Waals surface area contributed by atoms with Crippen molar-refractivity contribution in [2.45, 2.75) is 77.3 Å². The molecule has 4 nitrogen and oxygen atoms in total. The lowest BCUT2D eigenvalue weighted by molar-refractivity contribution is -0.141. The molecule has 1 saturated heterocycles. The Hall–Kier alpha value is -1.37. The monoisotopic (exact) mass is 402 g/mol. The van der Waals surface area contributed by atoms with E-state index in [-0.39, 0.29) is 17.2 Å². The lowest BCUT2D eigenvalue weighted by atomic mass is 9.76. The van der Waals surface area contributed by atoms with Crippen molar-refractivity contribution >= 4 is 26.3 Å². The molecule has 1 aliphatic rings. The third-order valence-corrected chi connectivity index (χ3v) is 10.8. The summed E-state index contributed by atoms with van der Waals surface area (Å²) in [5, 5.41) is 1.39. The van der Waals surface area contributed by atoms with Gasteiger partial charge in [0.05, 0.1) is 25.9 Å². The van der Waals surface area contributed by atoms with Gasteiger partial charge in [0, 0.05) is 6.92 Å². The second-order valence-electron chi connectivity index (χ2n) is 9.36. The number of carbonyl (C=O) groups excluding carboxylic acids is 1. The van der Waals surface area contributed by atoms with Gasteiger partial charge in [-0.3, -0.25) is 4.79 Å². The summed E-state index contributed by atoms with van der Waals surface area (Å²) >= 11 is 0. The molecule has 0 bridgehead atoms. The zero-order valence-corrected chi connectivity index (χ0v) is 19.5. The Morgan fingerprint density at radius 3 is 2.18 bits per heavy atom. The minimum atomic E-state index is -1.83. The summed E-state index contributed by atoms with van der Waals surface area (Å²) in [7, 11) is -2.23. The van der Waals surface area contributed by atoms with Gasteiger partial charge in [0.25, 0.3) is 0 Å². The van der Waals surface area contributed by atoms with Crippen LogP contribution >= 0.6 is 0 Å². The number of carbonyl (C=O) groups is 1. The van der Waals surface area contributed by atoms with E-state index < -0.39 is 15.2 Å². The number of rotatable bonds is 8. The molecule has 1 atom stereocenters. The van der Waals surface area contributed by atoms with Crippen molar-refractivity contribution in [3.05, 3.63) is 42.4 Å². The zero-order valence-electron chi connectivity index (χ0n) is 18.5. The Morgan fingerprint density at radius 2 is 1.68 bits per heavy atom. The zero-order chi connectivity index (χ0) is 21.2. The van der Waals surface area contributed by atoms with Gasteiger partial charge in [0.15, 0.2) is 0 Å². The molecule has 0 aliphatic carbocycles. The molecule has 0 saturated carbocycles. The van der Waals surface area contributed by atoms with Crippen molar-refractivity contribution in [1.82, 2.24) is 0 Å². The number of hydrogen-bond donors (Lipinski definition) is 0. The van der Waals surface area contributed by atoms with Crippen LogP contribution in [0.5, 0.6) is 0 Å². The summed E-state index contributed by atoms with van der Waals surface area (Å²) in [5.41, 5.74) is 0.573. The average molecular weight is 402 g/mol. The summed E-state index contributed by atoms with van der Waals surface area (Å²) in [6.45, 7) is 19.2. The number of benzene rings is 1. The van der Waals surface area contributed by atoms with Gasteiger partial charge in [-0.15, -0.1) is 6.58 Å². The second-order valence-corrected chi connectivity index (χ2v) is 14.2. The highest BCUT2D eigenvalue weighted by Crippen LogP contribution is 2.41. The van der Waals surface area contributed by atoms with Crippen LogP contribution in [0.25, 0.3) is 0 Å². The Morgan fingerprint density at radius 1 is 1.14 bits per heavy atom. The molecule has 0 unspecified atom stereocenters. The number of allylic oxidation sites excluding steroid dienone is 1. The third-order valence-electron chi connectivity index (χ3n) is 6.41. The Kier molecular flexibility index (Phi) is 7.00. The van der Waals surface area contributed by atoms with Gasteiger partial charge in [-0.05, 0) is 51.6 Å². The van der Waals surface area contributed by atoms with Crippen LogP contribution in [0.3, 0.4) is 0 Å². The van der Waals surface area contributed by atoms with Crippen molar-refractivity contribution in [1.29, 1.82) is 0 Å². The van der Waals surface area contributed by atoms with Crippen LogP contribution in [0.15, 0.2) is 42.4 Å². The molecule has 0 amide bonds. The van der Waals surface area contributed by atoms with E-state index >= 15 is 0 Å². The highest BCUT2D eigenvalue weighted by Gasteiger charge is 2.52. The van der Waals surface area contributed by atoms with Gasteiger partial charge in [-0.25, -0.2) is 0 Å². The number of ether oxygens (including phenoxy) is 1. The molecule has 6 heteroatoms. The number of esters is 1. The van der Waals surface area contributed by atoms with E-state index in [0.29, 0.717) is 12.1 Å². The van der Waals surface area contributed by atoms with Crippen molar-refractivity contribution in [2.75, 3.05) is 6.61 Å². The first-order chi connectivity index (χ1) is 12.9. The van der Waals surface area contributed by atoms with E-state index in [1.54, 1.807) is 0 Å². The standard InChI is InChI=1S/C22H35BO4Si/c1-17(23-26-21(3,4)22(5,6)27-23)16-20(14-15-25-18(2)24)28(7,8)19-12-10-9-11-13-19/h9-13,20H,1,14-16H2,2-8H3/t20-/m0/s1. The first-order valence-corrected chi connectivity index (χ1v) is 13.2. The minimum absolute atomic E-state index is 0.234. The van der Waals surface area contributed by atoms with E-state index in [9.17, 15) is 4.79 Å². The topological polar surface area (TPSA) is 44.8 Å². The largest absolute Gasteiger partial charge is 0.489 e. The van der Waals surface area contributed by atoms with E-state index in [4.69, 9.17) is 14.0 Å². The molecular weight excluding hydrogens is 367 g/mol. The van der Waals surface area contributed by atoms with E-state index in [0.717, 1.165) is 18.3 Å². The average Bonchev–Trinajstić information content (AvgIpc) is 2.82. The van der Waals surface area contributed by atoms with Crippen LogP contribution in [-0.2, 0) is 18.8 Å². The molecule has 0 radical (unpaired) electrons. The second kappa shape index (κ2) is 8.56. The Labute approximate surface area is 171 Å². The van der Waals surface area contributed by atoms with Gasteiger partial charge >= 0.3 is 13.1 Å². The summed E-state index contributed by atoms with van der Waals surface area (Å²) in [4.78, 5) is 11.3. The fourth-order valence-electron chi connectivity index (χ4n) is 3.59. The molecule has 0 aromatic heterocycles. The number of hydrogen-bond acceptors (Lipinski definition) is 4. The maximum absolute atomic E-state index is 11.3. The summed E-state index contributed by atoms with van der Waals surface area (Å²) in [6.07, 6.45) is 1.61. The molecule has 0 spiro atoms. The maximum Gasteiger partial charge on any atom is 0.489 e. The van der Waals surface area contributed by atoms with Crippen LogP contribution in [0, 0.1) is 0 Å². The lowest BCUT2D eigenvalue weighted by Crippen LogP contribution is -2.47. The molecule has 0 N–H and O–H groups in total. The highest BCUT2D eigenvalue weighted by molar-refractivity contribution is 6.91. The van der Waals surface area contributed by atoms with Gasteiger partial charge < -0.3 is 14.0 Å². The predicted octanol–water partition coefficient (Wildman–Crippen LogP) is 4.50. The summed E-state index contributed by atoms with van der Waals surface area (Å²) < 4.78 is 17.7. The summed E-state index contributed by atoms with van der Waals surface area (Å²) in [5.74, 6) is -0.234. The maximum atomic E-state index is 11.3. The third kappa shape index (κ3) is 5.16. The molecule has 2 rings (SSSR count). The van der Waals surface area contributed by atoms with Crippen LogP contribution in [0.2, 0.25) is 18.6 Å². The Balaban J connectivity index is 2.18. The highest BCUT2D eigenvalue weighted by atomic mass is 28.3. The van der Waals surface area contributed by atoms with E-state index in [2.05, 4.69) is 71.6 Å². The first-order valence-electron chi connectivity index (χ1n) is 10.1. The van der Waals surface area contributed by atoms with Gasteiger partial charge in [-0.1, -0.05) is 48.6 Å². The fraction of sp³-hybridized carbons (Fsp3) is 0.591. The van der Waals surface area contributed by atoms with Crippen LogP contribution < -0.4 is 5.19 Å². The lowest BCUT2D eigenvalue weighted by Gasteiger charge is -2.34. The molecule has 1 aliphatic heterocycles. The van der Waals surface area contributed by atoms with Crippen molar-refractivity contribution in [3.8, 4) is 0 Å². The smallest absolute Gasteiger partial charge is 0.466 e. The molecule has 1 aromatic carbocycles. The van der Waals surface area contributed by atoms with Gasteiger partial charge in [0.1, 0.15) is 0 Å². The van der Waals surface area contributed by atoms with Crippen LogP contribution in [0.4, 0.5) is 0 Å². The molecule has 1 heterocycles. The molecular formula is C22H35BO4Si. The molecule has 1 aromatic rings. The van der Waals surface area contributed by atoms with Crippen molar-refractivity contribution in [2.24, 2.45) is 0 Å². The van der Waals surface area contributed by atoms with Crippen LogP contribution in [0.1, 0.15) is 47.5 Å². The SMILES string of the molecule is C=C(C[C@H](CCOC(C)=O)[Si](C)(C)c1ccccc1)B1OC(C)(C)C(C)(C)O1. The van der Waals surface area contributed by atoms with Gasteiger partial charge in [-0.2, -0.15) is 0 Å². The van der Waals surface area contributed by atoms with Gasteiger partial charge in [0.2, 0.25) is 0 Å². The van der Waals surface area contributed by atoms with E-state index in [1.807, 2.05) is 6.07 Å². The molecule has 1 fully saturated rings. The molecule has 154 valence electrons. The Bertz CT molecular complexity index is 684.